The summed E-state index contributed by atoms with van der Waals surface area (Å²) in [5.74, 6) is 1.96. The van der Waals surface area contributed by atoms with E-state index in [0.29, 0.717) is 17.5 Å². The van der Waals surface area contributed by atoms with Gasteiger partial charge in [-0.05, 0) is 64.2 Å². The van der Waals surface area contributed by atoms with Gasteiger partial charge in [0.1, 0.15) is 11.2 Å². The van der Waals surface area contributed by atoms with Gasteiger partial charge in [0.25, 0.3) is 0 Å². The van der Waals surface area contributed by atoms with Gasteiger partial charge in [0.05, 0.1) is 0 Å². The summed E-state index contributed by atoms with van der Waals surface area (Å²) in [6.45, 7) is 0. The van der Waals surface area contributed by atoms with Crippen molar-refractivity contribution >= 4 is 53.4 Å². The lowest BCUT2D eigenvalue weighted by Crippen LogP contribution is -1.99. The molecule has 3 aromatic heterocycles. The molecule has 0 amide bonds. The number of furan rings is 1. The van der Waals surface area contributed by atoms with E-state index in [1.54, 1.807) is 11.3 Å². The summed E-state index contributed by atoms with van der Waals surface area (Å²) < 4.78 is 9.01. The van der Waals surface area contributed by atoms with Crippen molar-refractivity contribution < 1.29 is 4.42 Å². The van der Waals surface area contributed by atoms with E-state index in [1.165, 1.54) is 36.9 Å². The van der Waals surface area contributed by atoms with Gasteiger partial charge < -0.3 is 4.42 Å². The zero-order valence-electron chi connectivity index (χ0n) is 30.1. The molecular weight excluding hydrogens is 703 g/mol. The maximum Gasteiger partial charge on any atom is 0.164 e. The van der Waals surface area contributed by atoms with Crippen molar-refractivity contribution in [1.29, 1.82) is 0 Å². The number of para-hydroxylation sites is 1. The van der Waals surface area contributed by atoms with Gasteiger partial charge in [0.2, 0.25) is 0 Å². The number of hydrogen-bond acceptors (Lipinski definition) is 5. The summed E-state index contributed by atoms with van der Waals surface area (Å²) in [6, 6.07) is 65.8. The molecular formula is C51H31N3OS. The van der Waals surface area contributed by atoms with E-state index in [2.05, 4.69) is 121 Å². The average molecular weight is 734 g/mol. The van der Waals surface area contributed by atoms with E-state index < -0.39 is 0 Å². The normalized spacial score (nSPS) is 11.6. The molecule has 0 spiro atoms. The Morgan fingerprint density at radius 1 is 0.321 bits per heavy atom. The van der Waals surface area contributed by atoms with Crippen molar-refractivity contribution in [3.05, 3.63) is 188 Å². The summed E-state index contributed by atoms with van der Waals surface area (Å²) in [5, 5.41) is 4.66. The fourth-order valence-corrected chi connectivity index (χ4v) is 8.92. The van der Waals surface area contributed by atoms with Gasteiger partial charge in [-0.2, -0.15) is 0 Å². The summed E-state index contributed by atoms with van der Waals surface area (Å²) in [6.07, 6.45) is 0. The summed E-state index contributed by atoms with van der Waals surface area (Å²) in [7, 11) is 0. The highest BCUT2D eigenvalue weighted by molar-refractivity contribution is 7.25. The minimum atomic E-state index is 0.651. The Labute approximate surface area is 327 Å². The molecule has 0 saturated heterocycles. The lowest BCUT2D eigenvalue weighted by atomic mass is 9.93. The van der Waals surface area contributed by atoms with Crippen molar-refractivity contribution in [3.8, 4) is 67.5 Å². The molecule has 0 aliphatic carbocycles. The SMILES string of the molecule is c1ccc(-c2cccc(-c3cc(-c4ccc5c(c4)sc4cc(-c6nc(-c7ccccc7)nc(-c7ccccc7)n6)ccc45)c4oc5ccccc5c4c3)c2)cc1. The highest BCUT2D eigenvalue weighted by Gasteiger charge is 2.18. The number of rotatable bonds is 6. The highest BCUT2D eigenvalue weighted by Crippen LogP contribution is 2.43. The van der Waals surface area contributed by atoms with Crippen LogP contribution in [-0.4, -0.2) is 15.0 Å². The predicted octanol–water partition coefficient (Wildman–Crippen LogP) is 14.1. The smallest absolute Gasteiger partial charge is 0.164 e. The van der Waals surface area contributed by atoms with Crippen LogP contribution >= 0.6 is 11.3 Å². The van der Waals surface area contributed by atoms with Crippen LogP contribution in [0.5, 0.6) is 0 Å². The molecule has 0 unspecified atom stereocenters. The molecule has 0 bridgehead atoms. The van der Waals surface area contributed by atoms with Gasteiger partial charge in [-0.15, -0.1) is 11.3 Å². The number of hydrogen-bond donors (Lipinski definition) is 0. The van der Waals surface area contributed by atoms with E-state index in [4.69, 9.17) is 19.4 Å². The first-order chi connectivity index (χ1) is 27.7. The monoisotopic (exact) mass is 733 g/mol. The molecule has 262 valence electrons. The lowest BCUT2D eigenvalue weighted by molar-refractivity contribution is 0.670. The van der Waals surface area contributed by atoms with Crippen LogP contribution < -0.4 is 0 Å². The van der Waals surface area contributed by atoms with E-state index in [0.717, 1.165) is 55.3 Å². The van der Waals surface area contributed by atoms with Gasteiger partial charge in [-0.25, -0.2) is 15.0 Å². The maximum atomic E-state index is 6.63. The Bertz CT molecular complexity index is 3180. The number of thiophene rings is 1. The first kappa shape index (κ1) is 32.2. The molecule has 0 atom stereocenters. The second-order valence-corrected chi connectivity index (χ2v) is 15.1. The average Bonchev–Trinajstić information content (AvgIpc) is 3.84. The fourth-order valence-electron chi connectivity index (χ4n) is 7.74. The molecule has 5 heteroatoms. The first-order valence-corrected chi connectivity index (χ1v) is 19.5. The van der Waals surface area contributed by atoms with Crippen molar-refractivity contribution in [1.82, 2.24) is 15.0 Å². The van der Waals surface area contributed by atoms with Crippen molar-refractivity contribution in [2.24, 2.45) is 0 Å². The number of aromatic nitrogens is 3. The molecule has 0 radical (unpaired) electrons. The third-order valence-corrected chi connectivity index (χ3v) is 11.6. The lowest BCUT2D eigenvalue weighted by Gasteiger charge is -2.10. The molecule has 0 fully saturated rings. The van der Waals surface area contributed by atoms with Crippen LogP contribution in [0, 0.1) is 0 Å². The van der Waals surface area contributed by atoms with Crippen molar-refractivity contribution in [3.63, 3.8) is 0 Å². The molecule has 0 aliphatic rings. The standard InChI is InChI=1S/C51H31N3OS/c1-4-13-32(14-5-1)35-19-12-20-36(27-35)39-28-43(48-44(29-39)40-21-10-11-22-45(40)55-48)37-23-25-41-42-26-24-38(31-47(42)56-46(41)30-37)51-53-49(33-15-6-2-7-16-33)52-50(54-51)34-17-8-3-9-18-34/h1-31H. The maximum absolute atomic E-state index is 6.63. The molecule has 0 N–H and O–H groups in total. The third-order valence-electron chi connectivity index (χ3n) is 10.5. The Balaban J connectivity index is 1.04. The summed E-state index contributed by atoms with van der Waals surface area (Å²) >= 11 is 1.79. The minimum absolute atomic E-state index is 0.651. The van der Waals surface area contributed by atoms with Crippen LogP contribution in [0.4, 0.5) is 0 Å². The van der Waals surface area contributed by atoms with Crippen LogP contribution in [0.15, 0.2) is 192 Å². The Morgan fingerprint density at radius 3 is 1.50 bits per heavy atom. The van der Waals surface area contributed by atoms with Gasteiger partial charge in [0.15, 0.2) is 17.5 Å². The van der Waals surface area contributed by atoms with Gasteiger partial charge in [-0.3, -0.25) is 0 Å². The molecule has 3 heterocycles. The van der Waals surface area contributed by atoms with Crippen LogP contribution in [0.2, 0.25) is 0 Å². The second kappa shape index (κ2) is 13.3. The molecule has 11 rings (SSSR count). The summed E-state index contributed by atoms with van der Waals surface area (Å²) in [4.78, 5) is 14.9. The van der Waals surface area contributed by atoms with Gasteiger partial charge >= 0.3 is 0 Å². The van der Waals surface area contributed by atoms with E-state index in [-0.39, 0.29) is 0 Å². The van der Waals surface area contributed by atoms with E-state index in [1.807, 2.05) is 66.7 Å². The third kappa shape index (κ3) is 5.65. The molecule has 0 aliphatic heterocycles. The van der Waals surface area contributed by atoms with Gasteiger partial charge in [0, 0.05) is 53.2 Å². The number of fused-ring (bicyclic) bond motifs is 6. The fraction of sp³-hybridized carbons (Fsp3) is 0. The quantitative estimate of drug-likeness (QED) is 0.171. The Kier molecular flexibility index (Phi) is 7.64. The van der Waals surface area contributed by atoms with E-state index in [9.17, 15) is 0 Å². The molecule has 11 aromatic rings. The van der Waals surface area contributed by atoms with Gasteiger partial charge in [-0.1, -0.05) is 152 Å². The number of benzene rings is 8. The number of nitrogens with zero attached hydrogens (tertiary/aromatic N) is 3. The van der Waals surface area contributed by atoms with E-state index >= 15 is 0 Å². The topological polar surface area (TPSA) is 51.8 Å². The van der Waals surface area contributed by atoms with Crippen LogP contribution in [0.1, 0.15) is 0 Å². The molecule has 56 heavy (non-hydrogen) atoms. The molecule has 4 nitrogen and oxygen atoms in total. The van der Waals surface area contributed by atoms with Crippen LogP contribution in [-0.2, 0) is 0 Å². The first-order valence-electron chi connectivity index (χ1n) is 18.7. The zero-order chi connectivity index (χ0) is 37.0. The second-order valence-electron chi connectivity index (χ2n) is 14.0. The predicted molar refractivity (Wildman–Crippen MR) is 233 cm³/mol. The zero-order valence-corrected chi connectivity index (χ0v) is 30.9. The van der Waals surface area contributed by atoms with Crippen LogP contribution in [0.3, 0.4) is 0 Å². The molecule has 8 aromatic carbocycles. The highest BCUT2D eigenvalue weighted by atomic mass is 32.1. The summed E-state index contributed by atoms with van der Waals surface area (Å²) in [5.41, 5.74) is 11.6. The largest absolute Gasteiger partial charge is 0.455 e. The Hall–Kier alpha value is -7.21. The molecule has 0 saturated carbocycles. The minimum Gasteiger partial charge on any atom is -0.455 e. The Morgan fingerprint density at radius 2 is 0.839 bits per heavy atom. The van der Waals surface area contributed by atoms with Crippen molar-refractivity contribution in [2.75, 3.05) is 0 Å². The van der Waals surface area contributed by atoms with Crippen LogP contribution in [0.25, 0.3) is 110 Å². The van der Waals surface area contributed by atoms with Crippen molar-refractivity contribution in [2.45, 2.75) is 0 Å².